The van der Waals surface area contributed by atoms with Gasteiger partial charge in [-0.3, -0.25) is 9.59 Å². The van der Waals surface area contributed by atoms with Crippen molar-refractivity contribution in [2.24, 2.45) is 5.10 Å². The lowest BCUT2D eigenvalue weighted by Crippen LogP contribution is -2.21. The van der Waals surface area contributed by atoms with E-state index in [4.69, 9.17) is 0 Å². The van der Waals surface area contributed by atoms with Crippen LogP contribution in [0.4, 0.5) is 5.69 Å². The molecule has 0 unspecified atom stereocenters. The molecule has 0 bridgehead atoms. The first-order valence-electron chi connectivity index (χ1n) is 8.11. The van der Waals surface area contributed by atoms with E-state index in [1.165, 1.54) is 0 Å². The number of aryl methyl sites for hydroxylation is 2. The molecular formula is C18H27N3O2. The third-order valence-electron chi connectivity index (χ3n) is 3.51. The van der Waals surface area contributed by atoms with E-state index in [1.54, 1.807) is 0 Å². The molecule has 0 heterocycles. The zero-order valence-corrected chi connectivity index (χ0v) is 14.5. The summed E-state index contributed by atoms with van der Waals surface area (Å²) in [7, 11) is 0. The van der Waals surface area contributed by atoms with Gasteiger partial charge in [0.25, 0.3) is 0 Å². The molecule has 0 aliphatic carbocycles. The highest BCUT2D eigenvalue weighted by Crippen LogP contribution is 2.16. The zero-order valence-electron chi connectivity index (χ0n) is 14.5. The molecule has 0 aromatic heterocycles. The molecule has 0 aliphatic heterocycles. The van der Waals surface area contributed by atoms with Crippen molar-refractivity contribution in [1.82, 2.24) is 5.43 Å². The minimum atomic E-state index is -0.239. The highest BCUT2D eigenvalue weighted by atomic mass is 16.2. The number of benzene rings is 1. The summed E-state index contributed by atoms with van der Waals surface area (Å²) in [5, 5.41) is 6.88. The van der Waals surface area contributed by atoms with E-state index in [2.05, 4.69) is 22.8 Å². The Balaban J connectivity index is 2.38. The maximum absolute atomic E-state index is 11.9. The Labute approximate surface area is 138 Å². The number of anilines is 1. The number of amides is 2. The summed E-state index contributed by atoms with van der Waals surface area (Å²) >= 11 is 0. The van der Waals surface area contributed by atoms with Crippen molar-refractivity contribution >= 4 is 23.2 Å². The monoisotopic (exact) mass is 317 g/mol. The molecule has 2 amide bonds. The number of unbranched alkanes of at least 4 members (excludes halogenated alkanes) is 1. The van der Waals surface area contributed by atoms with Crippen LogP contribution in [0, 0.1) is 13.8 Å². The number of nitrogens with zero attached hydrogens (tertiary/aromatic N) is 1. The fraction of sp³-hybridized carbons (Fsp3) is 0.500. The molecule has 126 valence electrons. The first kappa shape index (κ1) is 18.9. The smallest absolute Gasteiger partial charge is 0.240 e. The molecule has 1 aromatic carbocycles. The number of hydrazone groups is 1. The number of carbonyl (C=O) groups is 2. The van der Waals surface area contributed by atoms with Crippen LogP contribution in [0.3, 0.4) is 0 Å². The van der Waals surface area contributed by atoms with Crippen LogP contribution in [-0.2, 0) is 9.59 Å². The first-order chi connectivity index (χ1) is 10.9. The van der Waals surface area contributed by atoms with Crippen LogP contribution in [0.5, 0.6) is 0 Å². The Morgan fingerprint density at radius 2 is 1.78 bits per heavy atom. The van der Waals surface area contributed by atoms with Crippen molar-refractivity contribution in [2.45, 2.75) is 59.8 Å². The van der Waals surface area contributed by atoms with E-state index in [1.807, 2.05) is 39.0 Å². The molecule has 23 heavy (non-hydrogen) atoms. The first-order valence-corrected chi connectivity index (χ1v) is 8.11. The van der Waals surface area contributed by atoms with Crippen molar-refractivity contribution < 1.29 is 9.59 Å². The molecule has 5 nitrogen and oxygen atoms in total. The molecule has 0 aliphatic rings. The highest BCUT2D eigenvalue weighted by molar-refractivity contribution is 5.94. The lowest BCUT2D eigenvalue weighted by molar-refractivity contribution is -0.124. The molecule has 2 N–H and O–H groups in total. The zero-order chi connectivity index (χ0) is 17.2. The largest absolute Gasteiger partial charge is 0.326 e. The van der Waals surface area contributed by atoms with Crippen LogP contribution in [-0.4, -0.2) is 17.5 Å². The number of rotatable bonds is 8. The van der Waals surface area contributed by atoms with Gasteiger partial charge in [-0.05, 0) is 50.8 Å². The van der Waals surface area contributed by atoms with Crippen LogP contribution in [0.1, 0.15) is 57.1 Å². The molecule has 0 radical (unpaired) electrons. The third-order valence-corrected chi connectivity index (χ3v) is 3.51. The Bertz CT molecular complexity index is 580. The molecule has 0 saturated heterocycles. The quantitative estimate of drug-likeness (QED) is 0.567. The van der Waals surface area contributed by atoms with Crippen LogP contribution in [0.25, 0.3) is 0 Å². The highest BCUT2D eigenvalue weighted by Gasteiger charge is 2.08. The summed E-state index contributed by atoms with van der Waals surface area (Å²) in [5.74, 6) is -0.405. The summed E-state index contributed by atoms with van der Waals surface area (Å²) in [4.78, 5) is 23.6. The maximum Gasteiger partial charge on any atom is 0.240 e. The predicted molar refractivity (Wildman–Crippen MR) is 94.6 cm³/mol. The number of hydrogen-bond donors (Lipinski definition) is 2. The van der Waals surface area contributed by atoms with Gasteiger partial charge in [0.15, 0.2) is 0 Å². The molecule has 0 atom stereocenters. The molecule has 1 rings (SSSR count). The lowest BCUT2D eigenvalue weighted by atomic mass is 10.1. The van der Waals surface area contributed by atoms with Gasteiger partial charge in [0, 0.05) is 24.2 Å². The number of nitrogens with one attached hydrogen (secondary N) is 2. The second-order valence-corrected chi connectivity index (χ2v) is 5.85. The average Bonchev–Trinajstić information content (AvgIpc) is 2.52. The van der Waals surface area contributed by atoms with E-state index < -0.39 is 0 Å². The van der Waals surface area contributed by atoms with E-state index >= 15 is 0 Å². The molecule has 0 spiro atoms. The van der Waals surface area contributed by atoms with Crippen molar-refractivity contribution in [1.29, 1.82) is 0 Å². The van der Waals surface area contributed by atoms with E-state index in [0.29, 0.717) is 0 Å². The third kappa shape index (κ3) is 7.58. The summed E-state index contributed by atoms with van der Waals surface area (Å²) in [6, 6.07) is 5.89. The van der Waals surface area contributed by atoms with Crippen LogP contribution < -0.4 is 10.7 Å². The Morgan fingerprint density at radius 3 is 2.48 bits per heavy atom. The Hall–Kier alpha value is -2.17. The average molecular weight is 317 g/mol. The normalized spacial score (nSPS) is 11.2. The van der Waals surface area contributed by atoms with Crippen LogP contribution in [0.2, 0.25) is 0 Å². The van der Waals surface area contributed by atoms with Crippen molar-refractivity contribution in [3.05, 3.63) is 29.3 Å². The maximum atomic E-state index is 11.9. The predicted octanol–water partition coefficient (Wildman–Crippen LogP) is 3.70. The van der Waals surface area contributed by atoms with Crippen molar-refractivity contribution in [3.8, 4) is 0 Å². The van der Waals surface area contributed by atoms with Gasteiger partial charge in [-0.25, -0.2) is 5.43 Å². The fourth-order valence-corrected chi connectivity index (χ4v) is 2.01. The second kappa shape index (κ2) is 9.77. The van der Waals surface area contributed by atoms with Gasteiger partial charge in [-0.15, -0.1) is 0 Å². The molecular weight excluding hydrogens is 290 g/mol. The molecule has 5 heteroatoms. The molecule has 1 aromatic rings. The summed E-state index contributed by atoms with van der Waals surface area (Å²) in [5.41, 5.74) is 6.29. The van der Waals surface area contributed by atoms with Gasteiger partial charge >= 0.3 is 0 Å². The number of hydrogen-bond acceptors (Lipinski definition) is 3. The standard InChI is InChI=1S/C18H27N3O2/c1-5-6-7-15(4)20-21-18(23)11-10-17(22)19-16-12-13(2)8-9-14(16)3/h8-9,12H,5-7,10-11H2,1-4H3,(H,19,22)(H,21,23)/b20-15+. The van der Waals surface area contributed by atoms with Gasteiger partial charge in [0.05, 0.1) is 0 Å². The summed E-state index contributed by atoms with van der Waals surface area (Å²) in [6.45, 7) is 7.92. The minimum absolute atomic E-state index is 0.126. The Kier molecular flexibility index (Phi) is 8.02. The molecule has 0 fully saturated rings. The Morgan fingerprint density at radius 1 is 1.09 bits per heavy atom. The van der Waals surface area contributed by atoms with E-state index in [9.17, 15) is 9.59 Å². The second-order valence-electron chi connectivity index (χ2n) is 5.85. The van der Waals surface area contributed by atoms with Gasteiger partial charge in [0.2, 0.25) is 11.8 Å². The summed E-state index contributed by atoms with van der Waals surface area (Å²) < 4.78 is 0. The van der Waals surface area contributed by atoms with Gasteiger partial charge in [-0.2, -0.15) is 5.10 Å². The topological polar surface area (TPSA) is 70.6 Å². The molecule has 0 saturated carbocycles. The van der Waals surface area contributed by atoms with Crippen molar-refractivity contribution in [3.63, 3.8) is 0 Å². The van der Waals surface area contributed by atoms with Crippen molar-refractivity contribution in [2.75, 3.05) is 5.32 Å². The van der Waals surface area contributed by atoms with Crippen LogP contribution in [0.15, 0.2) is 23.3 Å². The SMILES string of the molecule is CCCC/C(C)=N/NC(=O)CCC(=O)Nc1cc(C)ccc1C. The number of carbonyl (C=O) groups excluding carboxylic acids is 2. The lowest BCUT2D eigenvalue weighted by Gasteiger charge is -2.09. The van der Waals surface area contributed by atoms with E-state index in [-0.39, 0.29) is 24.7 Å². The van der Waals surface area contributed by atoms with Gasteiger partial charge in [0.1, 0.15) is 0 Å². The summed E-state index contributed by atoms with van der Waals surface area (Å²) in [6.07, 6.45) is 3.30. The minimum Gasteiger partial charge on any atom is -0.326 e. The van der Waals surface area contributed by atoms with Gasteiger partial charge in [-0.1, -0.05) is 25.5 Å². The fourth-order valence-electron chi connectivity index (χ4n) is 2.01. The van der Waals surface area contributed by atoms with Crippen LogP contribution >= 0.6 is 0 Å². The van der Waals surface area contributed by atoms with Gasteiger partial charge < -0.3 is 5.32 Å². The van der Waals surface area contributed by atoms with E-state index in [0.717, 1.165) is 41.8 Å².